The first kappa shape index (κ1) is 18.0. The summed E-state index contributed by atoms with van der Waals surface area (Å²) < 4.78 is 38.3. The predicted octanol–water partition coefficient (Wildman–Crippen LogP) is 4.73. The number of benzene rings is 2. The van der Waals surface area contributed by atoms with Crippen molar-refractivity contribution in [3.8, 4) is 0 Å². The van der Waals surface area contributed by atoms with E-state index in [-0.39, 0.29) is 18.8 Å². The van der Waals surface area contributed by atoms with E-state index in [1.54, 1.807) is 30.3 Å². The Balaban J connectivity index is 0.00000242. The van der Waals surface area contributed by atoms with Gasteiger partial charge in [0.05, 0.1) is 12.0 Å². The van der Waals surface area contributed by atoms with Gasteiger partial charge >= 0.3 is 12.1 Å². The van der Waals surface area contributed by atoms with Crippen molar-refractivity contribution in [1.82, 2.24) is 0 Å². The second-order valence-corrected chi connectivity index (χ2v) is 4.68. The predicted molar refractivity (Wildman–Crippen MR) is 79.2 cm³/mol. The number of hydrogen-bond acceptors (Lipinski definition) is 1. The highest BCUT2D eigenvalue weighted by molar-refractivity contribution is 5.85. The van der Waals surface area contributed by atoms with Gasteiger partial charge in [-0.15, -0.1) is 12.4 Å². The van der Waals surface area contributed by atoms with Crippen LogP contribution in [0.25, 0.3) is 0 Å². The van der Waals surface area contributed by atoms with Gasteiger partial charge in [0.15, 0.2) is 0 Å². The fraction of sp³-hybridized carbons (Fsp3) is 0.188. The summed E-state index contributed by atoms with van der Waals surface area (Å²) in [4.78, 5) is 11.0. The lowest BCUT2D eigenvalue weighted by molar-refractivity contribution is -0.138. The van der Waals surface area contributed by atoms with Crippen LogP contribution >= 0.6 is 12.4 Å². The van der Waals surface area contributed by atoms with Crippen LogP contribution in [-0.4, -0.2) is 11.1 Å². The van der Waals surface area contributed by atoms with Crippen molar-refractivity contribution in [2.45, 2.75) is 18.5 Å². The fourth-order valence-electron chi connectivity index (χ4n) is 2.22. The van der Waals surface area contributed by atoms with E-state index in [4.69, 9.17) is 5.11 Å². The molecule has 6 heteroatoms. The highest BCUT2D eigenvalue weighted by Crippen LogP contribution is 2.34. The number of rotatable bonds is 4. The highest BCUT2D eigenvalue weighted by atomic mass is 35.5. The summed E-state index contributed by atoms with van der Waals surface area (Å²) in [7, 11) is 0. The molecule has 1 N–H and O–H groups in total. The third-order valence-electron chi connectivity index (χ3n) is 3.20. The molecule has 0 aliphatic rings. The average Bonchev–Trinajstić information content (AvgIpc) is 2.45. The summed E-state index contributed by atoms with van der Waals surface area (Å²) >= 11 is 0. The summed E-state index contributed by atoms with van der Waals surface area (Å²) in [6.07, 6.45) is -4.70. The van der Waals surface area contributed by atoms with Crippen LogP contribution in [0, 0.1) is 0 Å². The van der Waals surface area contributed by atoms with Gasteiger partial charge in [-0.25, -0.2) is 0 Å². The maximum absolute atomic E-state index is 12.8. The first-order valence-corrected chi connectivity index (χ1v) is 6.32. The molecule has 0 fully saturated rings. The van der Waals surface area contributed by atoms with Crippen LogP contribution < -0.4 is 0 Å². The van der Waals surface area contributed by atoms with Crippen molar-refractivity contribution in [1.29, 1.82) is 0 Å². The van der Waals surface area contributed by atoms with E-state index >= 15 is 0 Å². The Morgan fingerprint density at radius 3 is 2.14 bits per heavy atom. The molecular weight excluding hydrogens is 317 g/mol. The molecular formula is C16H14ClF3O2. The number of halogens is 4. The van der Waals surface area contributed by atoms with Crippen molar-refractivity contribution in [2.75, 3.05) is 0 Å². The largest absolute Gasteiger partial charge is 0.481 e. The molecule has 0 bridgehead atoms. The number of aliphatic carboxylic acids is 1. The summed E-state index contributed by atoms with van der Waals surface area (Å²) in [5.41, 5.74) is 0.254. The van der Waals surface area contributed by atoms with Crippen molar-refractivity contribution in [3.05, 3.63) is 71.3 Å². The third-order valence-corrected chi connectivity index (χ3v) is 3.20. The first-order chi connectivity index (χ1) is 9.88. The molecule has 0 aliphatic heterocycles. The van der Waals surface area contributed by atoms with Crippen LogP contribution in [0.5, 0.6) is 0 Å². The highest BCUT2D eigenvalue weighted by Gasteiger charge is 2.31. The standard InChI is InChI=1S/C16H13F3O2.ClH/c17-16(18,19)13-8-4-7-12(9-13)14(10-15(20)21)11-5-2-1-3-6-11;/h1-9,14H,10H2,(H,20,21);1H. The number of carbonyl (C=O) groups is 1. The second kappa shape index (κ2) is 7.31. The molecule has 0 saturated heterocycles. The Labute approximate surface area is 132 Å². The van der Waals surface area contributed by atoms with Crippen LogP contribution in [0.15, 0.2) is 54.6 Å². The van der Waals surface area contributed by atoms with Crippen LogP contribution in [0.1, 0.15) is 29.0 Å². The van der Waals surface area contributed by atoms with E-state index in [2.05, 4.69) is 0 Å². The minimum Gasteiger partial charge on any atom is -0.481 e. The molecule has 2 aromatic carbocycles. The molecule has 0 aromatic heterocycles. The van der Waals surface area contributed by atoms with Crippen molar-refractivity contribution < 1.29 is 23.1 Å². The van der Waals surface area contributed by atoms with Crippen LogP contribution in [0.2, 0.25) is 0 Å². The molecule has 0 aliphatic carbocycles. The Morgan fingerprint density at radius 2 is 1.59 bits per heavy atom. The molecule has 1 unspecified atom stereocenters. The van der Waals surface area contributed by atoms with E-state index < -0.39 is 23.6 Å². The monoisotopic (exact) mass is 330 g/mol. The fourth-order valence-corrected chi connectivity index (χ4v) is 2.22. The second-order valence-electron chi connectivity index (χ2n) is 4.68. The Bertz CT molecular complexity index is 627. The van der Waals surface area contributed by atoms with Crippen LogP contribution in [-0.2, 0) is 11.0 Å². The normalized spacial score (nSPS) is 12.3. The van der Waals surface area contributed by atoms with Gasteiger partial charge in [0.1, 0.15) is 0 Å². The summed E-state index contributed by atoms with van der Waals surface area (Å²) in [6.45, 7) is 0. The Morgan fingerprint density at radius 1 is 1.00 bits per heavy atom. The summed E-state index contributed by atoms with van der Waals surface area (Å²) in [5.74, 6) is -1.66. The van der Waals surface area contributed by atoms with Gasteiger partial charge in [0.2, 0.25) is 0 Å². The Kier molecular flexibility index (Phi) is 6.00. The molecule has 2 nitrogen and oxygen atoms in total. The maximum atomic E-state index is 12.8. The average molecular weight is 331 g/mol. The van der Waals surface area contributed by atoms with Gasteiger partial charge in [-0.3, -0.25) is 4.79 Å². The van der Waals surface area contributed by atoms with E-state index in [1.807, 2.05) is 0 Å². The van der Waals surface area contributed by atoms with Gasteiger partial charge in [-0.2, -0.15) is 13.2 Å². The van der Waals surface area contributed by atoms with Gasteiger partial charge in [0, 0.05) is 5.92 Å². The molecule has 0 spiro atoms. The maximum Gasteiger partial charge on any atom is 0.416 e. The number of carboxylic acids is 1. The number of alkyl halides is 3. The van der Waals surface area contributed by atoms with Crippen molar-refractivity contribution in [3.63, 3.8) is 0 Å². The molecule has 0 saturated carbocycles. The number of carboxylic acid groups (broad SMARTS) is 1. The lowest BCUT2D eigenvalue weighted by Gasteiger charge is -2.17. The summed E-state index contributed by atoms with van der Waals surface area (Å²) in [5, 5.41) is 9.01. The van der Waals surface area contributed by atoms with Crippen LogP contribution in [0.4, 0.5) is 13.2 Å². The Hall–Kier alpha value is -2.01. The molecule has 0 radical (unpaired) electrons. The van der Waals surface area contributed by atoms with E-state index in [0.29, 0.717) is 11.1 Å². The quantitative estimate of drug-likeness (QED) is 0.879. The molecule has 2 rings (SSSR count). The number of hydrogen-bond donors (Lipinski definition) is 1. The summed E-state index contributed by atoms with van der Waals surface area (Å²) in [6, 6.07) is 13.5. The topological polar surface area (TPSA) is 37.3 Å². The minimum absolute atomic E-state index is 0. The molecule has 0 heterocycles. The van der Waals surface area contributed by atoms with E-state index in [9.17, 15) is 18.0 Å². The first-order valence-electron chi connectivity index (χ1n) is 6.32. The molecule has 22 heavy (non-hydrogen) atoms. The van der Waals surface area contributed by atoms with Crippen molar-refractivity contribution in [2.24, 2.45) is 0 Å². The smallest absolute Gasteiger partial charge is 0.416 e. The minimum atomic E-state index is -4.44. The zero-order valence-corrected chi connectivity index (χ0v) is 12.2. The van der Waals surface area contributed by atoms with E-state index in [1.165, 1.54) is 12.1 Å². The third kappa shape index (κ3) is 4.49. The SMILES string of the molecule is Cl.O=C(O)CC(c1ccccc1)c1cccc(C(F)(F)F)c1. The van der Waals surface area contributed by atoms with Gasteiger partial charge in [-0.05, 0) is 17.2 Å². The van der Waals surface area contributed by atoms with Gasteiger partial charge in [0.25, 0.3) is 0 Å². The zero-order valence-electron chi connectivity index (χ0n) is 11.4. The van der Waals surface area contributed by atoms with Crippen LogP contribution in [0.3, 0.4) is 0 Å². The van der Waals surface area contributed by atoms with Gasteiger partial charge in [-0.1, -0.05) is 48.5 Å². The lowest BCUT2D eigenvalue weighted by atomic mass is 9.88. The molecule has 0 amide bonds. The molecule has 1 atom stereocenters. The molecule has 2 aromatic rings. The van der Waals surface area contributed by atoms with Crippen molar-refractivity contribution >= 4 is 18.4 Å². The molecule has 118 valence electrons. The lowest BCUT2D eigenvalue weighted by Crippen LogP contribution is -2.10. The zero-order chi connectivity index (χ0) is 15.5. The van der Waals surface area contributed by atoms with Gasteiger partial charge < -0.3 is 5.11 Å². The van der Waals surface area contributed by atoms with E-state index in [0.717, 1.165) is 12.1 Å².